The van der Waals surface area contributed by atoms with Crippen LogP contribution in [-0.2, 0) is 0 Å². The molecule has 0 aliphatic rings. The summed E-state index contributed by atoms with van der Waals surface area (Å²) in [5.41, 5.74) is 0.932. The zero-order chi connectivity index (χ0) is 14.1. The molecule has 0 unspecified atom stereocenters. The van der Waals surface area contributed by atoms with E-state index in [1.165, 1.54) is 23.9 Å². The maximum Gasteiger partial charge on any atom is 0.270 e. The fourth-order valence-corrected chi connectivity index (χ4v) is 3.99. The van der Waals surface area contributed by atoms with E-state index in [2.05, 4.69) is 4.98 Å². The fourth-order valence-electron chi connectivity index (χ4n) is 1.67. The van der Waals surface area contributed by atoms with Gasteiger partial charge in [-0.05, 0) is 18.2 Å². The highest BCUT2D eigenvalue weighted by Crippen LogP contribution is 2.38. The Labute approximate surface area is 127 Å². The quantitative estimate of drug-likeness (QED) is 0.502. The molecule has 0 saturated heterocycles. The number of rotatable bonds is 3. The molecule has 0 radical (unpaired) electrons. The third-order valence-corrected chi connectivity index (χ3v) is 5.20. The molecular weight excluding hydrogens is 316 g/mol. The zero-order valence-corrected chi connectivity index (χ0v) is 12.3. The number of nitro benzene ring substituents is 1. The van der Waals surface area contributed by atoms with Crippen LogP contribution in [0.5, 0.6) is 0 Å². The number of non-ortho nitro benzene ring substituents is 1. The Hall–Kier alpha value is -1.63. The summed E-state index contributed by atoms with van der Waals surface area (Å²) in [6.07, 6.45) is 0. The van der Waals surface area contributed by atoms with Gasteiger partial charge in [0, 0.05) is 17.0 Å². The van der Waals surface area contributed by atoms with E-state index in [9.17, 15) is 10.1 Å². The lowest BCUT2D eigenvalue weighted by Crippen LogP contribution is -1.87. The number of nitrogens with zero attached hydrogens (tertiary/aromatic N) is 2. The van der Waals surface area contributed by atoms with Gasteiger partial charge in [0.2, 0.25) is 0 Å². The largest absolute Gasteiger partial charge is 0.270 e. The minimum Gasteiger partial charge on any atom is -0.258 e. The van der Waals surface area contributed by atoms with Crippen LogP contribution in [0.15, 0.2) is 51.7 Å². The summed E-state index contributed by atoms with van der Waals surface area (Å²) in [7, 11) is 0. The van der Waals surface area contributed by atoms with Gasteiger partial charge in [0.05, 0.1) is 20.2 Å². The van der Waals surface area contributed by atoms with Gasteiger partial charge in [-0.25, -0.2) is 4.98 Å². The molecular formula is C13H7ClN2O2S2. The highest BCUT2D eigenvalue weighted by atomic mass is 35.5. The molecule has 0 fully saturated rings. The maximum absolute atomic E-state index is 10.7. The molecule has 100 valence electrons. The number of aromatic nitrogens is 1. The SMILES string of the molecule is O=[N+]([O-])c1ccc(Sc2nc3ccccc3s2)c(Cl)c1. The number of halogens is 1. The second-order valence-corrected chi connectivity index (χ2v) is 6.65. The van der Waals surface area contributed by atoms with Crippen molar-refractivity contribution in [3.05, 3.63) is 57.6 Å². The summed E-state index contributed by atoms with van der Waals surface area (Å²) in [4.78, 5) is 15.5. The van der Waals surface area contributed by atoms with Crippen LogP contribution in [0.1, 0.15) is 0 Å². The molecule has 0 atom stereocenters. The predicted octanol–water partition coefficient (Wildman–Crippen LogP) is 5.01. The van der Waals surface area contributed by atoms with Gasteiger partial charge in [-0.3, -0.25) is 10.1 Å². The number of benzene rings is 2. The smallest absolute Gasteiger partial charge is 0.258 e. The average Bonchev–Trinajstić information content (AvgIpc) is 2.83. The molecule has 7 heteroatoms. The molecule has 1 heterocycles. The van der Waals surface area contributed by atoms with Crippen LogP contribution >= 0.6 is 34.7 Å². The van der Waals surface area contributed by atoms with E-state index in [0.29, 0.717) is 5.02 Å². The number of hydrogen-bond acceptors (Lipinski definition) is 5. The Morgan fingerprint density at radius 2 is 2.05 bits per heavy atom. The van der Waals surface area contributed by atoms with Crippen LogP contribution in [-0.4, -0.2) is 9.91 Å². The summed E-state index contributed by atoms with van der Waals surface area (Å²) in [5.74, 6) is 0. The van der Waals surface area contributed by atoms with Crippen LogP contribution in [0.25, 0.3) is 10.2 Å². The molecule has 20 heavy (non-hydrogen) atoms. The lowest BCUT2D eigenvalue weighted by Gasteiger charge is -2.00. The Balaban J connectivity index is 1.92. The van der Waals surface area contributed by atoms with Gasteiger partial charge >= 0.3 is 0 Å². The van der Waals surface area contributed by atoms with Crippen molar-refractivity contribution in [3.8, 4) is 0 Å². The van der Waals surface area contributed by atoms with Gasteiger partial charge < -0.3 is 0 Å². The highest BCUT2D eigenvalue weighted by Gasteiger charge is 2.12. The van der Waals surface area contributed by atoms with Gasteiger partial charge in [0.1, 0.15) is 0 Å². The van der Waals surface area contributed by atoms with Crippen molar-refractivity contribution in [2.24, 2.45) is 0 Å². The third kappa shape index (κ3) is 2.63. The van der Waals surface area contributed by atoms with Crippen LogP contribution in [0.2, 0.25) is 5.02 Å². The Kier molecular flexibility index (Phi) is 3.60. The molecule has 4 nitrogen and oxygen atoms in total. The fraction of sp³-hybridized carbons (Fsp3) is 0. The Morgan fingerprint density at radius 3 is 2.75 bits per heavy atom. The number of thiazole rings is 1. The second-order valence-electron chi connectivity index (χ2n) is 3.92. The van der Waals surface area contributed by atoms with E-state index in [1.807, 2.05) is 24.3 Å². The summed E-state index contributed by atoms with van der Waals surface area (Å²) in [5, 5.41) is 11.0. The maximum atomic E-state index is 10.7. The summed E-state index contributed by atoms with van der Waals surface area (Å²) >= 11 is 9.06. The summed E-state index contributed by atoms with van der Waals surface area (Å²) in [6, 6.07) is 12.3. The minimum absolute atomic E-state index is 0.0105. The highest BCUT2D eigenvalue weighted by molar-refractivity contribution is 8.01. The first-order valence-electron chi connectivity index (χ1n) is 5.61. The molecule has 0 aliphatic heterocycles. The molecule has 0 amide bonds. The molecule has 0 N–H and O–H groups in total. The molecule has 1 aromatic heterocycles. The summed E-state index contributed by atoms with van der Waals surface area (Å²) in [6.45, 7) is 0. The van der Waals surface area contributed by atoms with E-state index in [-0.39, 0.29) is 5.69 Å². The molecule has 3 aromatic rings. The third-order valence-electron chi connectivity index (χ3n) is 2.60. The molecule has 0 aliphatic carbocycles. The average molecular weight is 323 g/mol. The van der Waals surface area contributed by atoms with Gasteiger partial charge in [-0.15, -0.1) is 11.3 Å². The van der Waals surface area contributed by atoms with E-state index in [4.69, 9.17) is 11.6 Å². The van der Waals surface area contributed by atoms with Crippen molar-refractivity contribution in [1.82, 2.24) is 4.98 Å². The van der Waals surface area contributed by atoms with E-state index in [1.54, 1.807) is 17.4 Å². The van der Waals surface area contributed by atoms with Crippen molar-refractivity contribution < 1.29 is 4.92 Å². The number of nitro groups is 1. The van der Waals surface area contributed by atoms with Crippen molar-refractivity contribution in [2.75, 3.05) is 0 Å². The number of fused-ring (bicyclic) bond motifs is 1. The first kappa shape index (κ1) is 13.4. The van der Waals surface area contributed by atoms with Gasteiger partial charge in [-0.1, -0.05) is 35.5 Å². The Bertz CT molecular complexity index is 771. The van der Waals surface area contributed by atoms with Crippen molar-refractivity contribution in [1.29, 1.82) is 0 Å². The molecule has 0 bridgehead atoms. The monoisotopic (exact) mass is 322 g/mol. The standard InChI is InChI=1S/C13H7ClN2O2S2/c14-9-7-8(16(17)18)5-6-11(9)19-13-15-10-3-1-2-4-12(10)20-13/h1-7H. The van der Waals surface area contributed by atoms with Crippen LogP contribution in [0.3, 0.4) is 0 Å². The van der Waals surface area contributed by atoms with Crippen LogP contribution < -0.4 is 0 Å². The Morgan fingerprint density at radius 1 is 1.25 bits per heavy atom. The first-order chi connectivity index (χ1) is 9.63. The zero-order valence-electron chi connectivity index (χ0n) is 9.95. The van der Waals surface area contributed by atoms with Crippen molar-refractivity contribution >= 4 is 50.6 Å². The van der Waals surface area contributed by atoms with E-state index in [0.717, 1.165) is 19.5 Å². The van der Waals surface area contributed by atoms with Gasteiger partial charge in [0.25, 0.3) is 5.69 Å². The second kappa shape index (κ2) is 5.40. The molecule has 0 spiro atoms. The molecule has 0 saturated carbocycles. The lowest BCUT2D eigenvalue weighted by atomic mass is 10.3. The number of hydrogen-bond donors (Lipinski definition) is 0. The van der Waals surface area contributed by atoms with Crippen molar-refractivity contribution in [2.45, 2.75) is 9.24 Å². The topological polar surface area (TPSA) is 56.0 Å². The first-order valence-corrected chi connectivity index (χ1v) is 7.62. The van der Waals surface area contributed by atoms with E-state index >= 15 is 0 Å². The van der Waals surface area contributed by atoms with E-state index < -0.39 is 4.92 Å². The molecule has 2 aromatic carbocycles. The summed E-state index contributed by atoms with van der Waals surface area (Å²) < 4.78 is 1.97. The van der Waals surface area contributed by atoms with Gasteiger partial charge in [0.15, 0.2) is 4.34 Å². The van der Waals surface area contributed by atoms with Crippen LogP contribution in [0.4, 0.5) is 5.69 Å². The normalized spacial score (nSPS) is 10.8. The van der Waals surface area contributed by atoms with Crippen molar-refractivity contribution in [3.63, 3.8) is 0 Å². The predicted molar refractivity (Wildman–Crippen MR) is 81.8 cm³/mol. The number of para-hydroxylation sites is 1. The molecule has 3 rings (SSSR count). The minimum atomic E-state index is -0.460. The van der Waals surface area contributed by atoms with Crippen LogP contribution in [0, 0.1) is 10.1 Å². The van der Waals surface area contributed by atoms with Gasteiger partial charge in [-0.2, -0.15) is 0 Å². The lowest BCUT2D eigenvalue weighted by molar-refractivity contribution is -0.384.